The average molecular weight is 334 g/mol. The summed E-state index contributed by atoms with van der Waals surface area (Å²) in [7, 11) is -3.42. The Kier molecular flexibility index (Phi) is 5.51. The summed E-state index contributed by atoms with van der Waals surface area (Å²) in [4.78, 5) is 0.367. The molecule has 0 unspecified atom stereocenters. The standard InChI is InChI=1S/C18H26N2O2S/c21-23(22,20-14-15-10-12-19-13-11-15)18-8-6-17(7-9-18)16-4-2-1-3-5-16/h6-10,16,19-20H,1-5,11-14H2. The molecule has 1 heterocycles. The van der Waals surface area contributed by atoms with Gasteiger partial charge in [0.1, 0.15) is 0 Å². The maximum Gasteiger partial charge on any atom is 0.240 e. The quantitative estimate of drug-likeness (QED) is 0.814. The molecule has 0 bridgehead atoms. The van der Waals surface area contributed by atoms with Crippen molar-refractivity contribution in [1.82, 2.24) is 10.0 Å². The summed E-state index contributed by atoms with van der Waals surface area (Å²) in [6, 6.07) is 7.49. The fourth-order valence-corrected chi connectivity index (χ4v) is 4.49. The van der Waals surface area contributed by atoms with Crippen LogP contribution in [0.2, 0.25) is 0 Å². The molecule has 2 N–H and O–H groups in total. The molecule has 0 atom stereocenters. The molecule has 0 radical (unpaired) electrons. The molecule has 1 saturated carbocycles. The minimum Gasteiger partial charge on any atom is -0.313 e. The Labute approximate surface area is 139 Å². The van der Waals surface area contributed by atoms with E-state index in [9.17, 15) is 8.42 Å². The lowest BCUT2D eigenvalue weighted by Gasteiger charge is -2.22. The maximum atomic E-state index is 12.4. The molecule has 126 valence electrons. The van der Waals surface area contributed by atoms with Gasteiger partial charge < -0.3 is 5.32 Å². The summed E-state index contributed by atoms with van der Waals surface area (Å²) in [5, 5.41) is 3.23. The first-order chi connectivity index (χ1) is 11.1. The van der Waals surface area contributed by atoms with Crippen molar-refractivity contribution in [3.05, 3.63) is 41.5 Å². The molecule has 0 amide bonds. The van der Waals surface area contributed by atoms with Crippen LogP contribution in [0.1, 0.15) is 50.0 Å². The summed E-state index contributed by atoms with van der Waals surface area (Å²) in [6.45, 7) is 2.16. The van der Waals surface area contributed by atoms with Gasteiger partial charge in [-0.15, -0.1) is 0 Å². The zero-order chi connectivity index (χ0) is 16.1. The Morgan fingerprint density at radius 2 is 1.83 bits per heavy atom. The summed E-state index contributed by atoms with van der Waals surface area (Å²) >= 11 is 0. The number of sulfonamides is 1. The van der Waals surface area contributed by atoms with Crippen LogP contribution < -0.4 is 10.0 Å². The van der Waals surface area contributed by atoms with Crippen molar-refractivity contribution in [2.75, 3.05) is 19.6 Å². The van der Waals surface area contributed by atoms with Crippen molar-refractivity contribution in [3.8, 4) is 0 Å². The second-order valence-electron chi connectivity index (χ2n) is 6.55. The van der Waals surface area contributed by atoms with E-state index >= 15 is 0 Å². The fraction of sp³-hybridized carbons (Fsp3) is 0.556. The molecule has 2 aliphatic rings. The van der Waals surface area contributed by atoms with E-state index in [1.54, 1.807) is 12.1 Å². The first kappa shape index (κ1) is 16.7. The van der Waals surface area contributed by atoms with E-state index in [0.29, 0.717) is 17.4 Å². The monoisotopic (exact) mass is 334 g/mol. The van der Waals surface area contributed by atoms with Crippen LogP contribution >= 0.6 is 0 Å². The Hall–Kier alpha value is -1.17. The van der Waals surface area contributed by atoms with Crippen molar-refractivity contribution >= 4 is 10.0 Å². The maximum absolute atomic E-state index is 12.4. The first-order valence-corrected chi connectivity index (χ1v) is 10.1. The van der Waals surface area contributed by atoms with Gasteiger partial charge in [0.15, 0.2) is 0 Å². The number of hydrogen-bond acceptors (Lipinski definition) is 3. The van der Waals surface area contributed by atoms with Crippen LogP contribution in [0.3, 0.4) is 0 Å². The zero-order valence-electron chi connectivity index (χ0n) is 13.6. The average Bonchev–Trinajstić information content (AvgIpc) is 2.62. The highest BCUT2D eigenvalue weighted by molar-refractivity contribution is 7.89. The second-order valence-corrected chi connectivity index (χ2v) is 8.31. The molecule has 0 spiro atoms. The van der Waals surface area contributed by atoms with Crippen LogP contribution in [-0.4, -0.2) is 28.1 Å². The number of hydrogen-bond donors (Lipinski definition) is 2. The van der Waals surface area contributed by atoms with Gasteiger partial charge in [0.05, 0.1) is 4.90 Å². The van der Waals surface area contributed by atoms with Gasteiger partial charge in [-0.2, -0.15) is 0 Å². The Bertz CT molecular complexity index is 644. The smallest absolute Gasteiger partial charge is 0.240 e. The molecule has 4 nitrogen and oxygen atoms in total. The third-order valence-corrected chi connectivity index (χ3v) is 6.33. The van der Waals surface area contributed by atoms with Gasteiger partial charge in [-0.05, 0) is 49.4 Å². The van der Waals surface area contributed by atoms with Crippen LogP contribution in [0.5, 0.6) is 0 Å². The molecule has 1 aliphatic heterocycles. The van der Waals surface area contributed by atoms with Crippen molar-refractivity contribution in [3.63, 3.8) is 0 Å². The fourth-order valence-electron chi connectivity index (χ4n) is 3.46. The summed E-state index contributed by atoms with van der Waals surface area (Å²) in [5.41, 5.74) is 2.44. The van der Waals surface area contributed by atoms with E-state index in [2.05, 4.69) is 16.1 Å². The highest BCUT2D eigenvalue weighted by Crippen LogP contribution is 2.32. The first-order valence-electron chi connectivity index (χ1n) is 8.63. The highest BCUT2D eigenvalue weighted by Gasteiger charge is 2.18. The topological polar surface area (TPSA) is 58.2 Å². The van der Waals surface area contributed by atoms with Crippen molar-refractivity contribution in [1.29, 1.82) is 0 Å². The van der Waals surface area contributed by atoms with Crippen LogP contribution in [0, 0.1) is 0 Å². The number of rotatable bonds is 5. The van der Waals surface area contributed by atoms with Crippen molar-refractivity contribution in [2.45, 2.75) is 49.3 Å². The lowest BCUT2D eigenvalue weighted by Crippen LogP contribution is -2.29. The molecule has 0 saturated heterocycles. The molecule has 1 aromatic carbocycles. The Morgan fingerprint density at radius 3 is 2.48 bits per heavy atom. The molecule has 3 rings (SSSR count). The van der Waals surface area contributed by atoms with Gasteiger partial charge in [0.25, 0.3) is 0 Å². The number of benzene rings is 1. The predicted molar refractivity (Wildman–Crippen MR) is 93.0 cm³/mol. The molecular formula is C18H26N2O2S. The summed E-state index contributed by atoms with van der Waals surface area (Å²) in [6.07, 6.45) is 9.34. The van der Waals surface area contributed by atoms with Crippen molar-refractivity contribution < 1.29 is 8.42 Å². The molecule has 5 heteroatoms. The SMILES string of the molecule is O=S(=O)(NCC1=CCNCC1)c1ccc(C2CCCCC2)cc1. The molecule has 23 heavy (non-hydrogen) atoms. The van der Waals surface area contributed by atoms with Crippen molar-refractivity contribution in [2.24, 2.45) is 0 Å². The predicted octanol–water partition coefficient (Wildman–Crippen LogP) is 2.93. The lowest BCUT2D eigenvalue weighted by molar-refractivity contribution is 0.443. The van der Waals surface area contributed by atoms with Gasteiger partial charge in [-0.3, -0.25) is 0 Å². The molecule has 1 aliphatic carbocycles. The number of nitrogens with one attached hydrogen (secondary N) is 2. The van der Waals surface area contributed by atoms with Gasteiger partial charge in [-0.1, -0.05) is 43.0 Å². The minimum atomic E-state index is -3.42. The molecule has 1 aromatic rings. The third-order valence-electron chi connectivity index (χ3n) is 4.91. The van der Waals surface area contributed by atoms with E-state index in [-0.39, 0.29) is 0 Å². The lowest BCUT2D eigenvalue weighted by atomic mass is 9.84. The van der Waals surface area contributed by atoms with Crippen LogP contribution in [0.15, 0.2) is 40.8 Å². The highest BCUT2D eigenvalue weighted by atomic mass is 32.2. The van der Waals surface area contributed by atoms with Crippen LogP contribution in [0.4, 0.5) is 0 Å². The van der Waals surface area contributed by atoms with E-state index in [1.807, 2.05) is 12.1 Å². The van der Waals surface area contributed by atoms with E-state index in [1.165, 1.54) is 37.7 Å². The van der Waals surface area contributed by atoms with Crippen LogP contribution in [-0.2, 0) is 10.0 Å². The molecule has 0 aromatic heterocycles. The zero-order valence-corrected chi connectivity index (χ0v) is 14.4. The van der Waals surface area contributed by atoms with Gasteiger partial charge >= 0.3 is 0 Å². The second kappa shape index (κ2) is 7.60. The van der Waals surface area contributed by atoms with E-state index < -0.39 is 10.0 Å². The largest absolute Gasteiger partial charge is 0.313 e. The van der Waals surface area contributed by atoms with Gasteiger partial charge in [0, 0.05) is 13.1 Å². The summed E-state index contributed by atoms with van der Waals surface area (Å²) < 4.78 is 27.5. The van der Waals surface area contributed by atoms with E-state index in [0.717, 1.165) is 25.1 Å². The normalized spacial score (nSPS) is 20.3. The van der Waals surface area contributed by atoms with Gasteiger partial charge in [-0.25, -0.2) is 13.1 Å². The van der Waals surface area contributed by atoms with E-state index in [4.69, 9.17) is 0 Å². The Morgan fingerprint density at radius 1 is 1.09 bits per heavy atom. The minimum absolute atomic E-state index is 0.367. The third kappa shape index (κ3) is 4.43. The van der Waals surface area contributed by atoms with Crippen LogP contribution in [0.25, 0.3) is 0 Å². The molecular weight excluding hydrogens is 308 g/mol. The molecule has 1 fully saturated rings. The summed E-state index contributed by atoms with van der Waals surface area (Å²) in [5.74, 6) is 0.605. The van der Waals surface area contributed by atoms with Gasteiger partial charge in [0.2, 0.25) is 10.0 Å². The Balaban J connectivity index is 1.63.